The van der Waals surface area contributed by atoms with Gasteiger partial charge in [0, 0.05) is 5.56 Å². The molecule has 2 unspecified atom stereocenters. The summed E-state index contributed by atoms with van der Waals surface area (Å²) in [5, 5.41) is 10.1. The second kappa shape index (κ2) is 5.13. The van der Waals surface area contributed by atoms with Crippen LogP contribution in [0.25, 0.3) is 12.2 Å². The van der Waals surface area contributed by atoms with E-state index in [2.05, 4.69) is 0 Å². The molecule has 104 valence electrons. The molecule has 4 nitrogen and oxygen atoms in total. The zero-order chi connectivity index (χ0) is 14.1. The van der Waals surface area contributed by atoms with E-state index in [9.17, 15) is 9.90 Å². The third-order valence-electron chi connectivity index (χ3n) is 3.72. The third-order valence-corrected chi connectivity index (χ3v) is 3.72. The molecule has 1 heterocycles. The van der Waals surface area contributed by atoms with Gasteiger partial charge in [-0.1, -0.05) is 18.2 Å². The van der Waals surface area contributed by atoms with E-state index in [-0.39, 0.29) is 11.3 Å². The van der Waals surface area contributed by atoms with Gasteiger partial charge in [-0.25, -0.2) is 0 Å². The van der Waals surface area contributed by atoms with E-state index in [1.54, 1.807) is 19.3 Å². The zero-order valence-electron chi connectivity index (χ0n) is 11.2. The fraction of sp³-hybridized carbons (Fsp3) is 0.312. The lowest BCUT2D eigenvalue weighted by atomic mass is 9.91. The van der Waals surface area contributed by atoms with E-state index in [0.29, 0.717) is 22.6 Å². The van der Waals surface area contributed by atoms with Crippen molar-refractivity contribution in [3.8, 4) is 0 Å². The molecule has 0 amide bonds. The van der Waals surface area contributed by atoms with Crippen LogP contribution in [0.1, 0.15) is 24.3 Å². The summed E-state index contributed by atoms with van der Waals surface area (Å²) in [6, 6.07) is 0. The molecule has 0 aliphatic heterocycles. The second-order valence-electron chi connectivity index (χ2n) is 4.96. The molecule has 2 atom stereocenters. The first kappa shape index (κ1) is 12.9. The summed E-state index contributed by atoms with van der Waals surface area (Å²) in [4.78, 5) is 12.6. The van der Waals surface area contributed by atoms with E-state index < -0.39 is 6.10 Å². The first-order chi connectivity index (χ1) is 9.70. The highest BCUT2D eigenvalue weighted by molar-refractivity contribution is 5.40. The van der Waals surface area contributed by atoms with E-state index in [1.165, 1.54) is 6.26 Å². The van der Waals surface area contributed by atoms with Gasteiger partial charge in [-0.3, -0.25) is 4.79 Å². The number of fused-ring (bicyclic) bond motifs is 1. The summed E-state index contributed by atoms with van der Waals surface area (Å²) in [6.07, 6.45) is 11.2. The third kappa shape index (κ3) is 2.12. The van der Waals surface area contributed by atoms with Gasteiger partial charge in [-0.15, -0.1) is 0 Å². The number of allylic oxidation sites excluding steroid dienone is 4. The van der Waals surface area contributed by atoms with Crippen molar-refractivity contribution in [2.24, 2.45) is 0 Å². The maximum Gasteiger partial charge on any atom is 0.196 e. The summed E-state index contributed by atoms with van der Waals surface area (Å²) in [5.41, 5.74) is 1.01. The molecule has 0 saturated heterocycles. The Hall–Kier alpha value is -2.07. The van der Waals surface area contributed by atoms with Crippen LogP contribution in [0, 0.1) is 0 Å². The Balaban J connectivity index is 2.14. The van der Waals surface area contributed by atoms with Crippen molar-refractivity contribution in [1.29, 1.82) is 0 Å². The standard InChI is InChI=1S/C16H16O4/c1-19-14-5-3-2-4-11(14)13-9-20-15-8-10(17)6-7-12(15)16(13)18/h2-3,5,7-11,17H,4,6H2,1H3. The van der Waals surface area contributed by atoms with E-state index >= 15 is 0 Å². The monoisotopic (exact) mass is 272 g/mol. The van der Waals surface area contributed by atoms with Gasteiger partial charge in [0.25, 0.3) is 0 Å². The fourth-order valence-electron chi connectivity index (χ4n) is 2.66. The number of hydrogen-bond acceptors (Lipinski definition) is 4. The van der Waals surface area contributed by atoms with Crippen LogP contribution >= 0.6 is 0 Å². The van der Waals surface area contributed by atoms with Crippen molar-refractivity contribution in [2.75, 3.05) is 7.11 Å². The van der Waals surface area contributed by atoms with E-state index in [0.717, 1.165) is 12.2 Å². The Bertz CT molecular complexity index is 752. The molecular formula is C16H16O4. The van der Waals surface area contributed by atoms with Crippen LogP contribution in [-0.2, 0) is 4.74 Å². The maximum absolute atomic E-state index is 12.6. The number of aliphatic hydroxyl groups excluding tert-OH is 1. The molecule has 1 aromatic heterocycles. The SMILES string of the molecule is COC1=CC=CCC1c1coc2c(c1=O)=CCC(O)C=2. The Morgan fingerprint density at radius 2 is 2.25 bits per heavy atom. The minimum Gasteiger partial charge on any atom is -0.500 e. The predicted molar refractivity (Wildman–Crippen MR) is 75.4 cm³/mol. The van der Waals surface area contributed by atoms with Crippen LogP contribution in [0.5, 0.6) is 0 Å². The number of hydrogen-bond donors (Lipinski definition) is 1. The van der Waals surface area contributed by atoms with Gasteiger partial charge < -0.3 is 14.3 Å². The predicted octanol–water partition coefficient (Wildman–Crippen LogP) is 0.539. The van der Waals surface area contributed by atoms with Crippen molar-refractivity contribution in [2.45, 2.75) is 24.9 Å². The average Bonchev–Trinajstić information content (AvgIpc) is 2.47. The van der Waals surface area contributed by atoms with Gasteiger partial charge in [0.15, 0.2) is 5.43 Å². The average molecular weight is 272 g/mol. The fourth-order valence-corrected chi connectivity index (χ4v) is 2.66. The Morgan fingerprint density at radius 1 is 1.40 bits per heavy atom. The maximum atomic E-state index is 12.6. The van der Waals surface area contributed by atoms with Gasteiger partial charge in [-0.05, 0) is 25.0 Å². The molecule has 20 heavy (non-hydrogen) atoms. The zero-order valence-corrected chi connectivity index (χ0v) is 11.2. The molecule has 4 heteroatoms. The molecule has 0 bridgehead atoms. The molecule has 3 rings (SSSR count). The highest BCUT2D eigenvalue weighted by atomic mass is 16.5. The molecule has 0 saturated carbocycles. The Kier molecular flexibility index (Phi) is 3.32. The Morgan fingerprint density at radius 3 is 3.05 bits per heavy atom. The number of methoxy groups -OCH3 is 1. The molecule has 0 spiro atoms. The second-order valence-corrected chi connectivity index (χ2v) is 4.96. The van der Waals surface area contributed by atoms with Crippen LogP contribution in [-0.4, -0.2) is 18.3 Å². The largest absolute Gasteiger partial charge is 0.500 e. The lowest BCUT2D eigenvalue weighted by Gasteiger charge is -2.19. The first-order valence-corrected chi connectivity index (χ1v) is 6.63. The normalized spacial score (nSPS) is 24.2. The smallest absolute Gasteiger partial charge is 0.196 e. The van der Waals surface area contributed by atoms with Gasteiger partial charge in [0.05, 0.1) is 30.6 Å². The molecule has 2 aliphatic rings. The van der Waals surface area contributed by atoms with E-state index in [1.807, 2.05) is 18.2 Å². The molecule has 1 N–H and O–H groups in total. The molecule has 0 aromatic carbocycles. The molecular weight excluding hydrogens is 256 g/mol. The van der Waals surface area contributed by atoms with Gasteiger partial charge in [0.2, 0.25) is 0 Å². The Labute approximate surface area is 116 Å². The summed E-state index contributed by atoms with van der Waals surface area (Å²) in [5.74, 6) is 0.659. The minimum absolute atomic E-state index is 0.0438. The summed E-state index contributed by atoms with van der Waals surface area (Å²) < 4.78 is 10.9. The van der Waals surface area contributed by atoms with Gasteiger partial charge in [-0.2, -0.15) is 0 Å². The number of rotatable bonds is 2. The van der Waals surface area contributed by atoms with Gasteiger partial charge >= 0.3 is 0 Å². The van der Waals surface area contributed by atoms with Crippen LogP contribution < -0.4 is 16.1 Å². The van der Waals surface area contributed by atoms with Crippen LogP contribution in [0.2, 0.25) is 0 Å². The molecule has 1 aromatic rings. The summed E-state index contributed by atoms with van der Waals surface area (Å²) >= 11 is 0. The lowest BCUT2D eigenvalue weighted by Crippen LogP contribution is -2.44. The first-order valence-electron chi connectivity index (χ1n) is 6.63. The van der Waals surface area contributed by atoms with Crippen molar-refractivity contribution in [3.63, 3.8) is 0 Å². The minimum atomic E-state index is -0.580. The van der Waals surface area contributed by atoms with Gasteiger partial charge in [0.1, 0.15) is 11.2 Å². The lowest BCUT2D eigenvalue weighted by molar-refractivity contribution is 0.241. The van der Waals surface area contributed by atoms with Crippen molar-refractivity contribution in [3.05, 3.63) is 56.7 Å². The molecule has 0 radical (unpaired) electrons. The van der Waals surface area contributed by atoms with Crippen LogP contribution in [0.15, 0.2) is 39.5 Å². The van der Waals surface area contributed by atoms with Crippen molar-refractivity contribution in [1.82, 2.24) is 0 Å². The van der Waals surface area contributed by atoms with E-state index in [4.69, 9.17) is 9.15 Å². The highest BCUT2D eigenvalue weighted by Gasteiger charge is 2.23. The van der Waals surface area contributed by atoms with Crippen LogP contribution in [0.3, 0.4) is 0 Å². The number of ether oxygens (including phenoxy) is 1. The topological polar surface area (TPSA) is 59.7 Å². The highest BCUT2D eigenvalue weighted by Crippen LogP contribution is 2.28. The molecule has 2 aliphatic carbocycles. The summed E-state index contributed by atoms with van der Waals surface area (Å²) in [7, 11) is 1.61. The number of aliphatic hydroxyl groups is 1. The quantitative estimate of drug-likeness (QED) is 0.853. The van der Waals surface area contributed by atoms with Crippen LogP contribution in [0.4, 0.5) is 0 Å². The van der Waals surface area contributed by atoms with Crippen molar-refractivity contribution < 1.29 is 14.3 Å². The summed E-state index contributed by atoms with van der Waals surface area (Å²) in [6.45, 7) is 0. The molecule has 0 fully saturated rings. The van der Waals surface area contributed by atoms with Crippen molar-refractivity contribution >= 4 is 12.2 Å².